The molecule has 0 aliphatic rings. The van der Waals surface area contributed by atoms with Crippen molar-refractivity contribution in [2.45, 2.75) is 58.7 Å². The zero-order chi connectivity index (χ0) is 17.6. The average molecular weight is 332 g/mol. The number of carbonyl (C=O) groups is 1. The molecule has 1 amide bonds. The number of amides is 1. The number of imidazole rings is 1. The number of fused-ring (bicyclic) bond motifs is 1. The van der Waals surface area contributed by atoms with Crippen LogP contribution >= 0.6 is 0 Å². The van der Waals surface area contributed by atoms with Crippen LogP contribution in [0.15, 0.2) is 30.6 Å². The van der Waals surface area contributed by atoms with E-state index >= 15 is 0 Å². The Balaban J connectivity index is 1.86. The van der Waals surface area contributed by atoms with E-state index in [4.69, 9.17) is 4.74 Å². The standard InChI is InChI=1S/C18H28N4O2/c1-5-8-14(21-17(23)24-18(2,3)4)11-19-12-15-13-20-16-9-6-7-10-22(15)16/h6-7,9-10,13-14,19H,5,8,11-12H2,1-4H3,(H,21,23)/t14-/m1/s1. The summed E-state index contributed by atoms with van der Waals surface area (Å²) in [6, 6.07) is 5.99. The molecule has 2 N–H and O–H groups in total. The molecule has 6 nitrogen and oxygen atoms in total. The molecule has 0 aliphatic heterocycles. The van der Waals surface area contributed by atoms with E-state index in [0.29, 0.717) is 13.1 Å². The third-order valence-corrected chi connectivity index (χ3v) is 3.55. The second-order valence-electron chi connectivity index (χ2n) is 6.94. The molecule has 0 radical (unpaired) electrons. The number of carbonyl (C=O) groups excluding carboxylic acids is 1. The van der Waals surface area contributed by atoms with Gasteiger partial charge in [-0.05, 0) is 39.3 Å². The number of nitrogens with zero attached hydrogens (tertiary/aromatic N) is 2. The van der Waals surface area contributed by atoms with Gasteiger partial charge in [0, 0.05) is 25.3 Å². The van der Waals surface area contributed by atoms with Crippen LogP contribution in [0.25, 0.3) is 5.65 Å². The van der Waals surface area contributed by atoms with E-state index in [-0.39, 0.29) is 12.1 Å². The molecular formula is C18H28N4O2. The largest absolute Gasteiger partial charge is 0.444 e. The van der Waals surface area contributed by atoms with Gasteiger partial charge in [0.2, 0.25) is 0 Å². The molecule has 2 aromatic heterocycles. The van der Waals surface area contributed by atoms with Crippen LogP contribution in [0.1, 0.15) is 46.2 Å². The van der Waals surface area contributed by atoms with E-state index in [0.717, 1.165) is 24.2 Å². The van der Waals surface area contributed by atoms with Gasteiger partial charge in [0.25, 0.3) is 0 Å². The van der Waals surface area contributed by atoms with Crippen LogP contribution in [-0.4, -0.2) is 33.7 Å². The Morgan fingerprint density at radius 3 is 2.88 bits per heavy atom. The van der Waals surface area contributed by atoms with Crippen molar-refractivity contribution >= 4 is 11.7 Å². The van der Waals surface area contributed by atoms with E-state index in [1.165, 1.54) is 0 Å². The van der Waals surface area contributed by atoms with Gasteiger partial charge in [-0.1, -0.05) is 19.4 Å². The fraction of sp³-hybridized carbons (Fsp3) is 0.556. The van der Waals surface area contributed by atoms with Gasteiger partial charge in [-0.2, -0.15) is 0 Å². The predicted octanol–water partition coefficient (Wildman–Crippen LogP) is 3.12. The van der Waals surface area contributed by atoms with Crippen molar-refractivity contribution < 1.29 is 9.53 Å². The number of hydrogen-bond donors (Lipinski definition) is 2. The highest BCUT2D eigenvalue weighted by Crippen LogP contribution is 2.08. The van der Waals surface area contributed by atoms with E-state index in [1.54, 1.807) is 0 Å². The molecule has 0 spiro atoms. The number of aromatic nitrogens is 2. The van der Waals surface area contributed by atoms with E-state index < -0.39 is 5.60 Å². The van der Waals surface area contributed by atoms with E-state index in [2.05, 4.69) is 26.9 Å². The smallest absolute Gasteiger partial charge is 0.407 e. The first-order chi connectivity index (χ1) is 11.4. The topological polar surface area (TPSA) is 67.7 Å². The minimum Gasteiger partial charge on any atom is -0.444 e. The molecular weight excluding hydrogens is 304 g/mol. The van der Waals surface area contributed by atoms with Crippen LogP contribution in [0.2, 0.25) is 0 Å². The predicted molar refractivity (Wildman–Crippen MR) is 95.0 cm³/mol. The third kappa shape index (κ3) is 5.53. The second-order valence-corrected chi connectivity index (χ2v) is 6.94. The highest BCUT2D eigenvalue weighted by atomic mass is 16.6. The normalized spacial score (nSPS) is 13.0. The molecule has 2 rings (SSSR count). The first-order valence-electron chi connectivity index (χ1n) is 8.50. The number of alkyl carbamates (subject to hydrolysis) is 1. The van der Waals surface area contributed by atoms with Crippen LogP contribution in [0.3, 0.4) is 0 Å². The molecule has 6 heteroatoms. The summed E-state index contributed by atoms with van der Waals surface area (Å²) in [6.07, 6.45) is 5.41. The summed E-state index contributed by atoms with van der Waals surface area (Å²) >= 11 is 0. The maximum atomic E-state index is 11.9. The van der Waals surface area contributed by atoms with Crippen LogP contribution in [0.5, 0.6) is 0 Å². The van der Waals surface area contributed by atoms with Crippen molar-refractivity contribution in [2.24, 2.45) is 0 Å². The van der Waals surface area contributed by atoms with Crippen LogP contribution < -0.4 is 10.6 Å². The Bertz CT molecular complexity index is 660. The maximum Gasteiger partial charge on any atom is 0.407 e. The molecule has 0 aromatic carbocycles. The van der Waals surface area contributed by atoms with Gasteiger partial charge in [0.05, 0.1) is 11.9 Å². The van der Waals surface area contributed by atoms with Gasteiger partial charge in [-0.3, -0.25) is 0 Å². The number of ether oxygens (including phenoxy) is 1. The van der Waals surface area contributed by atoms with Gasteiger partial charge in [-0.25, -0.2) is 9.78 Å². The van der Waals surface area contributed by atoms with Crippen LogP contribution in [-0.2, 0) is 11.3 Å². The van der Waals surface area contributed by atoms with Gasteiger partial charge >= 0.3 is 6.09 Å². The van der Waals surface area contributed by atoms with E-state index in [9.17, 15) is 4.79 Å². The number of hydrogen-bond acceptors (Lipinski definition) is 4. The number of rotatable bonds is 7. The fourth-order valence-electron chi connectivity index (χ4n) is 2.54. The van der Waals surface area contributed by atoms with Gasteiger partial charge in [-0.15, -0.1) is 0 Å². The minimum absolute atomic E-state index is 0.0454. The molecule has 0 bridgehead atoms. The Kier molecular flexibility index (Phi) is 6.20. The molecule has 2 aromatic rings. The lowest BCUT2D eigenvalue weighted by Crippen LogP contribution is -2.44. The summed E-state index contributed by atoms with van der Waals surface area (Å²) in [5.41, 5.74) is 1.55. The van der Waals surface area contributed by atoms with Crippen molar-refractivity contribution in [3.8, 4) is 0 Å². The van der Waals surface area contributed by atoms with Crippen molar-refractivity contribution in [2.75, 3.05) is 6.54 Å². The molecule has 0 saturated carbocycles. The molecule has 1 atom stereocenters. The van der Waals surface area contributed by atoms with Crippen molar-refractivity contribution in [1.82, 2.24) is 20.0 Å². The molecule has 0 saturated heterocycles. The molecule has 2 heterocycles. The van der Waals surface area contributed by atoms with Gasteiger partial charge < -0.3 is 19.8 Å². The lowest BCUT2D eigenvalue weighted by atomic mass is 10.1. The van der Waals surface area contributed by atoms with Gasteiger partial charge in [0.15, 0.2) is 0 Å². The Labute approximate surface area is 143 Å². The monoisotopic (exact) mass is 332 g/mol. The summed E-state index contributed by atoms with van der Waals surface area (Å²) < 4.78 is 7.39. The number of pyridine rings is 1. The Hall–Kier alpha value is -2.08. The average Bonchev–Trinajstić information content (AvgIpc) is 2.89. The fourth-order valence-corrected chi connectivity index (χ4v) is 2.54. The quantitative estimate of drug-likeness (QED) is 0.817. The van der Waals surface area contributed by atoms with Crippen molar-refractivity contribution in [3.05, 3.63) is 36.3 Å². The summed E-state index contributed by atoms with van der Waals surface area (Å²) in [4.78, 5) is 16.3. The molecule has 0 aliphatic carbocycles. The molecule has 132 valence electrons. The molecule has 24 heavy (non-hydrogen) atoms. The molecule has 0 unspecified atom stereocenters. The maximum absolute atomic E-state index is 11.9. The lowest BCUT2D eigenvalue weighted by Gasteiger charge is -2.23. The summed E-state index contributed by atoms with van der Waals surface area (Å²) in [6.45, 7) is 9.09. The second kappa shape index (κ2) is 8.15. The summed E-state index contributed by atoms with van der Waals surface area (Å²) in [5.74, 6) is 0. The highest BCUT2D eigenvalue weighted by Gasteiger charge is 2.19. The SMILES string of the molecule is CCC[C@H](CNCc1cnc2ccccn12)NC(=O)OC(C)(C)C. The van der Waals surface area contributed by atoms with Crippen molar-refractivity contribution in [1.29, 1.82) is 0 Å². The van der Waals surface area contributed by atoms with Crippen molar-refractivity contribution in [3.63, 3.8) is 0 Å². The lowest BCUT2D eigenvalue weighted by molar-refractivity contribution is 0.0501. The third-order valence-electron chi connectivity index (χ3n) is 3.55. The van der Waals surface area contributed by atoms with Crippen LogP contribution in [0.4, 0.5) is 4.79 Å². The first kappa shape index (κ1) is 18.3. The van der Waals surface area contributed by atoms with Gasteiger partial charge in [0.1, 0.15) is 11.2 Å². The Morgan fingerprint density at radius 1 is 1.38 bits per heavy atom. The molecule has 0 fully saturated rings. The summed E-state index contributed by atoms with van der Waals surface area (Å²) in [7, 11) is 0. The summed E-state index contributed by atoms with van der Waals surface area (Å²) in [5, 5.41) is 6.35. The first-order valence-corrected chi connectivity index (χ1v) is 8.50. The highest BCUT2D eigenvalue weighted by molar-refractivity contribution is 5.68. The van der Waals surface area contributed by atoms with Crippen LogP contribution in [0, 0.1) is 0 Å². The number of nitrogens with one attached hydrogen (secondary N) is 2. The zero-order valence-corrected chi connectivity index (χ0v) is 15.0. The zero-order valence-electron chi connectivity index (χ0n) is 15.0. The van der Waals surface area contributed by atoms with E-state index in [1.807, 2.05) is 51.4 Å². The minimum atomic E-state index is -0.481. The Morgan fingerprint density at radius 2 is 2.17 bits per heavy atom.